The van der Waals surface area contributed by atoms with E-state index in [-0.39, 0.29) is 18.1 Å². The van der Waals surface area contributed by atoms with E-state index in [4.69, 9.17) is 0 Å². The Hall–Kier alpha value is -0.990. The standard InChI is InChI=1S/C13H24N2O/c1-8(2)12(10(5)11-6-7-11)15-13(16)14-9(3)4/h8-9,11-12H,5-7H2,1-4H3,(H2,14,15,16). The first-order valence-corrected chi connectivity index (χ1v) is 6.17. The molecule has 1 unspecified atom stereocenters. The highest BCUT2D eigenvalue weighted by Gasteiger charge is 2.31. The molecule has 1 fully saturated rings. The smallest absolute Gasteiger partial charge is 0.315 e. The average Bonchev–Trinajstić information content (AvgIpc) is 2.94. The predicted molar refractivity (Wildman–Crippen MR) is 67.3 cm³/mol. The molecule has 92 valence electrons. The SMILES string of the molecule is C=C(C1CC1)C(NC(=O)NC(C)C)C(C)C. The monoisotopic (exact) mass is 224 g/mol. The highest BCUT2D eigenvalue weighted by Crippen LogP contribution is 2.38. The first-order chi connectivity index (χ1) is 7.41. The fourth-order valence-corrected chi connectivity index (χ4v) is 1.84. The second kappa shape index (κ2) is 5.37. The molecule has 1 aliphatic carbocycles. The minimum absolute atomic E-state index is 0.0875. The normalized spacial score (nSPS) is 17.4. The molecule has 16 heavy (non-hydrogen) atoms. The zero-order valence-corrected chi connectivity index (χ0v) is 10.8. The van der Waals surface area contributed by atoms with Gasteiger partial charge in [0.25, 0.3) is 0 Å². The van der Waals surface area contributed by atoms with Gasteiger partial charge in [-0.05, 0) is 38.5 Å². The quantitative estimate of drug-likeness (QED) is 0.693. The van der Waals surface area contributed by atoms with Gasteiger partial charge in [-0.25, -0.2) is 4.79 Å². The van der Waals surface area contributed by atoms with Gasteiger partial charge in [-0.2, -0.15) is 0 Å². The fourth-order valence-electron chi connectivity index (χ4n) is 1.84. The van der Waals surface area contributed by atoms with Crippen molar-refractivity contribution < 1.29 is 4.79 Å². The molecule has 1 rings (SSSR count). The van der Waals surface area contributed by atoms with Crippen molar-refractivity contribution in [2.45, 2.75) is 52.6 Å². The van der Waals surface area contributed by atoms with Crippen LogP contribution >= 0.6 is 0 Å². The summed E-state index contributed by atoms with van der Waals surface area (Å²) in [6, 6.07) is 0.184. The Kier molecular flexibility index (Phi) is 4.39. The molecule has 0 spiro atoms. The van der Waals surface area contributed by atoms with E-state index in [1.165, 1.54) is 18.4 Å². The highest BCUT2D eigenvalue weighted by molar-refractivity contribution is 5.75. The number of amides is 2. The van der Waals surface area contributed by atoms with Crippen molar-refractivity contribution in [3.05, 3.63) is 12.2 Å². The maximum absolute atomic E-state index is 11.7. The minimum Gasteiger partial charge on any atom is -0.336 e. The van der Waals surface area contributed by atoms with Gasteiger partial charge in [-0.15, -0.1) is 0 Å². The molecule has 1 atom stereocenters. The van der Waals surface area contributed by atoms with Crippen LogP contribution in [-0.2, 0) is 0 Å². The van der Waals surface area contributed by atoms with E-state index in [1.807, 2.05) is 13.8 Å². The number of urea groups is 1. The molecule has 0 saturated heterocycles. The van der Waals surface area contributed by atoms with Crippen molar-refractivity contribution >= 4 is 6.03 Å². The van der Waals surface area contributed by atoms with Crippen LogP contribution in [0.15, 0.2) is 12.2 Å². The van der Waals surface area contributed by atoms with Crippen molar-refractivity contribution in [3.63, 3.8) is 0 Å². The minimum atomic E-state index is -0.0875. The molecule has 1 saturated carbocycles. The Bertz CT molecular complexity index is 267. The summed E-state index contributed by atoms with van der Waals surface area (Å²) < 4.78 is 0. The molecule has 3 heteroatoms. The molecule has 0 aromatic heterocycles. The molecule has 2 N–H and O–H groups in total. The van der Waals surface area contributed by atoms with E-state index in [9.17, 15) is 4.79 Å². The van der Waals surface area contributed by atoms with Crippen LogP contribution in [0.4, 0.5) is 4.79 Å². The predicted octanol–water partition coefficient (Wildman–Crippen LogP) is 2.68. The van der Waals surface area contributed by atoms with Crippen molar-refractivity contribution in [3.8, 4) is 0 Å². The molecule has 1 aliphatic rings. The van der Waals surface area contributed by atoms with Gasteiger partial charge in [0.15, 0.2) is 0 Å². The molecular weight excluding hydrogens is 200 g/mol. The number of rotatable bonds is 5. The Morgan fingerprint density at radius 1 is 1.19 bits per heavy atom. The first kappa shape index (κ1) is 13.1. The average molecular weight is 224 g/mol. The van der Waals surface area contributed by atoms with E-state index in [0.29, 0.717) is 11.8 Å². The number of nitrogens with one attached hydrogen (secondary N) is 2. The molecule has 0 aromatic carbocycles. The van der Waals surface area contributed by atoms with Crippen LogP contribution in [0.1, 0.15) is 40.5 Å². The van der Waals surface area contributed by atoms with E-state index in [1.54, 1.807) is 0 Å². The number of carbonyl (C=O) groups is 1. The Morgan fingerprint density at radius 2 is 1.75 bits per heavy atom. The van der Waals surface area contributed by atoms with Gasteiger partial charge in [0.05, 0.1) is 6.04 Å². The second-order valence-electron chi connectivity index (χ2n) is 5.34. The zero-order chi connectivity index (χ0) is 12.3. The third kappa shape index (κ3) is 3.87. The molecule has 2 amide bonds. The van der Waals surface area contributed by atoms with Gasteiger partial charge in [0.2, 0.25) is 0 Å². The third-order valence-corrected chi connectivity index (χ3v) is 2.87. The lowest BCUT2D eigenvalue weighted by Crippen LogP contribution is -2.47. The van der Waals surface area contributed by atoms with Crippen LogP contribution in [0.2, 0.25) is 0 Å². The summed E-state index contributed by atoms with van der Waals surface area (Å²) >= 11 is 0. The molecule has 0 bridgehead atoms. The summed E-state index contributed by atoms with van der Waals surface area (Å²) in [5, 5.41) is 5.87. The second-order valence-corrected chi connectivity index (χ2v) is 5.34. The lowest BCUT2D eigenvalue weighted by molar-refractivity contribution is 0.232. The number of hydrogen-bond donors (Lipinski definition) is 2. The number of carbonyl (C=O) groups excluding carboxylic acids is 1. The number of hydrogen-bond acceptors (Lipinski definition) is 1. The van der Waals surface area contributed by atoms with Crippen LogP contribution in [0.5, 0.6) is 0 Å². The van der Waals surface area contributed by atoms with Gasteiger partial charge >= 0.3 is 6.03 Å². The summed E-state index contributed by atoms with van der Waals surface area (Å²) in [6.45, 7) is 12.3. The van der Waals surface area contributed by atoms with Crippen molar-refractivity contribution in [2.75, 3.05) is 0 Å². The summed E-state index contributed by atoms with van der Waals surface area (Å²) in [5.74, 6) is 1.03. The van der Waals surface area contributed by atoms with Crippen molar-refractivity contribution in [1.82, 2.24) is 10.6 Å². The Labute approximate surface area is 98.7 Å². The molecular formula is C13H24N2O. The summed E-state index contributed by atoms with van der Waals surface area (Å²) in [4.78, 5) is 11.7. The fraction of sp³-hybridized carbons (Fsp3) is 0.769. The van der Waals surface area contributed by atoms with E-state index in [2.05, 4.69) is 31.1 Å². The summed E-state index contributed by atoms with van der Waals surface area (Å²) in [7, 11) is 0. The highest BCUT2D eigenvalue weighted by atomic mass is 16.2. The van der Waals surface area contributed by atoms with Gasteiger partial charge in [0.1, 0.15) is 0 Å². The maximum Gasteiger partial charge on any atom is 0.315 e. The van der Waals surface area contributed by atoms with Crippen molar-refractivity contribution in [2.24, 2.45) is 11.8 Å². The lowest BCUT2D eigenvalue weighted by atomic mass is 9.94. The Balaban J connectivity index is 2.50. The topological polar surface area (TPSA) is 41.1 Å². The molecule has 3 nitrogen and oxygen atoms in total. The first-order valence-electron chi connectivity index (χ1n) is 6.17. The molecule has 0 aromatic rings. The van der Waals surface area contributed by atoms with E-state index >= 15 is 0 Å². The van der Waals surface area contributed by atoms with Crippen LogP contribution in [0, 0.1) is 11.8 Å². The molecule has 0 aliphatic heterocycles. The summed E-state index contributed by atoms with van der Waals surface area (Å²) in [6.07, 6.45) is 2.46. The maximum atomic E-state index is 11.7. The van der Waals surface area contributed by atoms with Crippen LogP contribution in [-0.4, -0.2) is 18.1 Å². The van der Waals surface area contributed by atoms with Crippen LogP contribution in [0.3, 0.4) is 0 Å². The van der Waals surface area contributed by atoms with Crippen LogP contribution in [0.25, 0.3) is 0 Å². The van der Waals surface area contributed by atoms with Crippen molar-refractivity contribution in [1.29, 1.82) is 0 Å². The van der Waals surface area contributed by atoms with Gasteiger partial charge in [-0.3, -0.25) is 0 Å². The van der Waals surface area contributed by atoms with E-state index in [0.717, 1.165) is 0 Å². The Morgan fingerprint density at radius 3 is 2.12 bits per heavy atom. The lowest BCUT2D eigenvalue weighted by Gasteiger charge is -2.25. The van der Waals surface area contributed by atoms with Crippen LogP contribution < -0.4 is 10.6 Å². The van der Waals surface area contributed by atoms with Gasteiger partial charge in [0, 0.05) is 6.04 Å². The largest absolute Gasteiger partial charge is 0.336 e. The van der Waals surface area contributed by atoms with E-state index < -0.39 is 0 Å². The third-order valence-electron chi connectivity index (χ3n) is 2.87. The molecule has 0 heterocycles. The zero-order valence-electron chi connectivity index (χ0n) is 10.8. The summed E-state index contributed by atoms with van der Waals surface area (Å²) in [5.41, 5.74) is 1.19. The van der Waals surface area contributed by atoms with Gasteiger partial charge in [-0.1, -0.05) is 26.0 Å². The molecule has 0 radical (unpaired) electrons. The van der Waals surface area contributed by atoms with Gasteiger partial charge < -0.3 is 10.6 Å².